The highest BCUT2D eigenvalue weighted by molar-refractivity contribution is 5.47. The van der Waals surface area contributed by atoms with Gasteiger partial charge in [0.25, 0.3) is 0 Å². The quantitative estimate of drug-likeness (QED) is 0.667. The van der Waals surface area contributed by atoms with E-state index in [-0.39, 0.29) is 5.95 Å². The molecule has 0 aliphatic carbocycles. The molecule has 1 fully saturated rings. The van der Waals surface area contributed by atoms with Crippen LogP contribution < -0.4 is 10.6 Å². The Kier molecular flexibility index (Phi) is 4.97. The predicted octanol–water partition coefficient (Wildman–Crippen LogP) is 1.32. The van der Waals surface area contributed by atoms with Crippen LogP contribution in [0.15, 0.2) is 54.9 Å². The van der Waals surface area contributed by atoms with Crippen molar-refractivity contribution < 1.29 is 5.11 Å². The Morgan fingerprint density at radius 2 is 2.04 bits per heavy atom. The molecule has 2 aromatic heterocycles. The maximum Gasteiger partial charge on any atom is 0.224 e. The highest BCUT2D eigenvalue weighted by Gasteiger charge is 2.37. The van der Waals surface area contributed by atoms with Crippen molar-refractivity contribution in [1.29, 1.82) is 0 Å². The summed E-state index contributed by atoms with van der Waals surface area (Å²) in [5, 5.41) is 15.3. The van der Waals surface area contributed by atoms with Crippen molar-refractivity contribution in [3.8, 4) is 5.82 Å². The summed E-state index contributed by atoms with van der Waals surface area (Å²) in [4.78, 5) is 12.8. The number of rotatable bonds is 6. The van der Waals surface area contributed by atoms with Gasteiger partial charge in [-0.3, -0.25) is 4.90 Å². The topological polar surface area (TPSA) is 96.3 Å². The Morgan fingerprint density at radius 3 is 2.79 bits per heavy atom. The second kappa shape index (κ2) is 7.57. The van der Waals surface area contributed by atoms with Crippen molar-refractivity contribution in [2.75, 3.05) is 37.3 Å². The molecule has 1 aromatic carbocycles. The number of nitrogens with two attached hydrogens (primary N) is 1. The highest BCUT2D eigenvalue weighted by atomic mass is 16.3. The summed E-state index contributed by atoms with van der Waals surface area (Å²) in [5.74, 6) is 1.44. The third-order valence-corrected chi connectivity index (χ3v) is 5.04. The fraction of sp³-hybridized carbons (Fsp3) is 0.350. The molecular weight excluding hydrogens is 354 g/mol. The first-order valence-electron chi connectivity index (χ1n) is 9.35. The van der Waals surface area contributed by atoms with E-state index in [0.29, 0.717) is 24.7 Å². The van der Waals surface area contributed by atoms with Gasteiger partial charge in [0.05, 0.1) is 5.60 Å². The average molecular weight is 379 g/mol. The van der Waals surface area contributed by atoms with Crippen LogP contribution in [0.5, 0.6) is 0 Å². The smallest absolute Gasteiger partial charge is 0.224 e. The van der Waals surface area contributed by atoms with E-state index in [1.54, 1.807) is 17.1 Å². The Bertz CT molecular complexity index is 916. The van der Waals surface area contributed by atoms with Gasteiger partial charge in [-0.2, -0.15) is 15.1 Å². The van der Waals surface area contributed by atoms with Crippen LogP contribution in [0.25, 0.3) is 5.82 Å². The van der Waals surface area contributed by atoms with E-state index in [2.05, 4.69) is 32.1 Å². The molecule has 0 bridgehead atoms. The number of hydrogen-bond acceptors (Lipinski definition) is 7. The van der Waals surface area contributed by atoms with Gasteiger partial charge < -0.3 is 15.7 Å². The number of aromatic nitrogens is 4. The van der Waals surface area contributed by atoms with E-state index in [1.807, 2.05) is 42.3 Å². The molecule has 1 atom stereocenters. The molecule has 8 heteroatoms. The molecule has 3 aromatic rings. The minimum absolute atomic E-state index is 0.180. The number of hydrogen-bond donors (Lipinski definition) is 2. The van der Waals surface area contributed by atoms with E-state index >= 15 is 0 Å². The molecule has 1 saturated heterocycles. The number of nitrogen functional groups attached to an aromatic ring is 1. The molecule has 0 amide bonds. The molecule has 3 heterocycles. The average Bonchev–Trinajstić information content (AvgIpc) is 3.32. The number of β-amino-alcohol motifs (C(OH)–C–C–N with tert-alkyl or cyclic N) is 1. The lowest BCUT2D eigenvalue weighted by Crippen LogP contribution is -2.44. The zero-order valence-electron chi connectivity index (χ0n) is 15.9. The molecule has 3 N–H and O–H groups in total. The normalized spacial score (nSPS) is 19.8. The van der Waals surface area contributed by atoms with Gasteiger partial charge in [0.1, 0.15) is 5.82 Å². The molecule has 146 valence electrons. The van der Waals surface area contributed by atoms with Crippen LogP contribution in [-0.4, -0.2) is 62.0 Å². The van der Waals surface area contributed by atoms with Crippen molar-refractivity contribution in [2.24, 2.45) is 0 Å². The maximum atomic E-state index is 11.1. The van der Waals surface area contributed by atoms with E-state index in [9.17, 15) is 5.11 Å². The van der Waals surface area contributed by atoms with Gasteiger partial charge in [0, 0.05) is 51.7 Å². The zero-order valence-corrected chi connectivity index (χ0v) is 15.9. The molecule has 1 unspecified atom stereocenters. The lowest BCUT2D eigenvalue weighted by atomic mass is 10.0. The molecule has 28 heavy (non-hydrogen) atoms. The number of likely N-dealkylation sites (tertiary alicyclic amines) is 1. The summed E-state index contributed by atoms with van der Waals surface area (Å²) >= 11 is 0. The first kappa shape index (κ1) is 18.4. The lowest BCUT2D eigenvalue weighted by Gasteiger charge is -2.30. The SMILES string of the molecule is CN(CC1(O)CCN(Cc2ccccc2)C1)c1cc(-n2cccn2)nc(N)n1. The standard InChI is InChI=1S/C20H25N7O/c1-25(17-12-18(24-19(21)23-17)27-10-5-9-22-27)14-20(28)8-11-26(15-20)13-16-6-3-2-4-7-16/h2-7,9-10,12,28H,8,11,13-15H2,1H3,(H2,21,23,24). The fourth-order valence-corrected chi connectivity index (χ4v) is 3.73. The van der Waals surface area contributed by atoms with Crippen LogP contribution in [0.3, 0.4) is 0 Å². The minimum atomic E-state index is -0.797. The van der Waals surface area contributed by atoms with Crippen LogP contribution in [-0.2, 0) is 6.54 Å². The third-order valence-electron chi connectivity index (χ3n) is 5.04. The molecule has 8 nitrogen and oxygen atoms in total. The van der Waals surface area contributed by atoms with Gasteiger partial charge in [-0.15, -0.1) is 0 Å². The van der Waals surface area contributed by atoms with Crippen molar-refractivity contribution in [2.45, 2.75) is 18.6 Å². The summed E-state index contributed by atoms with van der Waals surface area (Å²) < 4.78 is 1.64. The first-order chi connectivity index (χ1) is 13.5. The summed E-state index contributed by atoms with van der Waals surface area (Å²) in [6.45, 7) is 2.80. The van der Waals surface area contributed by atoms with E-state index in [0.717, 1.165) is 19.5 Å². The van der Waals surface area contributed by atoms with E-state index < -0.39 is 5.60 Å². The zero-order chi connectivity index (χ0) is 19.6. The Balaban J connectivity index is 1.44. The van der Waals surface area contributed by atoms with Crippen molar-refractivity contribution in [1.82, 2.24) is 24.6 Å². The Hall–Kier alpha value is -2.97. The molecule has 0 radical (unpaired) electrons. The van der Waals surface area contributed by atoms with Gasteiger partial charge in [0.15, 0.2) is 5.82 Å². The summed E-state index contributed by atoms with van der Waals surface area (Å²) in [6.07, 6.45) is 4.21. The van der Waals surface area contributed by atoms with Crippen LogP contribution in [0.4, 0.5) is 11.8 Å². The number of benzene rings is 1. The van der Waals surface area contributed by atoms with Crippen LogP contribution in [0.2, 0.25) is 0 Å². The van der Waals surface area contributed by atoms with Gasteiger partial charge >= 0.3 is 0 Å². The monoisotopic (exact) mass is 379 g/mol. The molecule has 0 spiro atoms. The predicted molar refractivity (Wildman–Crippen MR) is 108 cm³/mol. The van der Waals surface area contributed by atoms with Gasteiger partial charge in [-0.1, -0.05) is 30.3 Å². The Labute approximate surface area is 164 Å². The van der Waals surface area contributed by atoms with Crippen molar-refractivity contribution >= 4 is 11.8 Å². The first-order valence-corrected chi connectivity index (χ1v) is 9.35. The molecule has 1 aliphatic rings. The summed E-state index contributed by atoms with van der Waals surface area (Å²) in [5.41, 5.74) is 6.35. The second-order valence-electron chi connectivity index (χ2n) is 7.42. The van der Waals surface area contributed by atoms with E-state index in [1.165, 1.54) is 5.56 Å². The number of anilines is 2. The summed E-state index contributed by atoms with van der Waals surface area (Å²) in [7, 11) is 1.91. The fourth-order valence-electron chi connectivity index (χ4n) is 3.73. The van der Waals surface area contributed by atoms with Gasteiger partial charge in [0.2, 0.25) is 5.95 Å². The molecular formula is C20H25N7O. The molecule has 0 saturated carbocycles. The minimum Gasteiger partial charge on any atom is -0.387 e. The van der Waals surface area contributed by atoms with Crippen LogP contribution >= 0.6 is 0 Å². The van der Waals surface area contributed by atoms with Crippen molar-refractivity contribution in [3.05, 3.63) is 60.4 Å². The van der Waals surface area contributed by atoms with Gasteiger partial charge in [-0.25, -0.2) is 4.68 Å². The number of nitrogens with zero attached hydrogens (tertiary/aromatic N) is 6. The number of likely N-dealkylation sites (N-methyl/N-ethyl adjacent to an activating group) is 1. The Morgan fingerprint density at radius 1 is 1.21 bits per heavy atom. The second-order valence-corrected chi connectivity index (χ2v) is 7.42. The lowest BCUT2D eigenvalue weighted by molar-refractivity contribution is 0.0561. The molecule has 4 rings (SSSR count). The number of aliphatic hydroxyl groups is 1. The van der Waals surface area contributed by atoms with Crippen molar-refractivity contribution in [3.63, 3.8) is 0 Å². The van der Waals surface area contributed by atoms with Crippen LogP contribution in [0.1, 0.15) is 12.0 Å². The van der Waals surface area contributed by atoms with Crippen LogP contribution in [0, 0.1) is 0 Å². The summed E-state index contributed by atoms with van der Waals surface area (Å²) in [6, 6.07) is 14.0. The van der Waals surface area contributed by atoms with Gasteiger partial charge in [-0.05, 0) is 18.1 Å². The van der Waals surface area contributed by atoms with E-state index in [4.69, 9.17) is 5.73 Å². The maximum absolute atomic E-state index is 11.1. The highest BCUT2D eigenvalue weighted by Crippen LogP contribution is 2.26. The molecule has 1 aliphatic heterocycles. The largest absolute Gasteiger partial charge is 0.387 e. The third kappa shape index (κ3) is 4.13.